The Morgan fingerprint density at radius 3 is 2.72 bits per heavy atom. The van der Waals surface area contributed by atoms with Crippen LogP contribution in [0.15, 0.2) is 39.4 Å². The normalized spacial score (nSPS) is 21.1. The fourth-order valence-corrected chi connectivity index (χ4v) is 2.99. The van der Waals surface area contributed by atoms with Gasteiger partial charge in [-0.05, 0) is 31.2 Å². The second-order valence-electron chi connectivity index (χ2n) is 6.29. The van der Waals surface area contributed by atoms with Crippen molar-refractivity contribution in [2.75, 3.05) is 13.1 Å². The maximum Gasteiger partial charge on any atom is 0.266 e. The van der Waals surface area contributed by atoms with Crippen LogP contribution < -0.4 is 0 Å². The molecule has 1 saturated heterocycles. The summed E-state index contributed by atoms with van der Waals surface area (Å²) in [6.45, 7) is 3.00. The quantitative estimate of drug-likeness (QED) is 0.722. The monoisotopic (exact) mass is 346 g/mol. The van der Waals surface area contributed by atoms with E-state index in [4.69, 9.17) is 9.05 Å². The minimum absolute atomic E-state index is 0.0527. The van der Waals surface area contributed by atoms with Gasteiger partial charge in [-0.3, -0.25) is 4.90 Å². The molecule has 130 valence electrons. The van der Waals surface area contributed by atoms with Gasteiger partial charge in [-0.25, -0.2) is 8.78 Å². The lowest BCUT2D eigenvalue weighted by molar-refractivity contribution is 0.113. The summed E-state index contributed by atoms with van der Waals surface area (Å²) < 4.78 is 38.6. The predicted octanol–water partition coefficient (Wildman–Crippen LogP) is 3.24. The predicted molar refractivity (Wildman–Crippen MR) is 83.6 cm³/mol. The molecule has 3 aromatic rings. The van der Waals surface area contributed by atoms with Crippen LogP contribution in [-0.2, 0) is 12.2 Å². The molecule has 1 unspecified atom stereocenters. The van der Waals surface area contributed by atoms with E-state index >= 15 is 4.39 Å². The van der Waals surface area contributed by atoms with Crippen LogP contribution in [0.2, 0.25) is 0 Å². The van der Waals surface area contributed by atoms with E-state index in [1.54, 1.807) is 0 Å². The maximum absolute atomic E-state index is 15.3. The van der Waals surface area contributed by atoms with Crippen LogP contribution in [0, 0.1) is 12.7 Å². The number of aromatic nitrogens is 3. The molecular weight excluding hydrogens is 330 g/mol. The number of rotatable bonds is 4. The fourth-order valence-electron chi connectivity index (χ4n) is 2.99. The lowest BCUT2D eigenvalue weighted by Gasteiger charge is -2.16. The molecule has 0 N–H and O–H groups in total. The van der Waals surface area contributed by atoms with Gasteiger partial charge in [0.2, 0.25) is 11.5 Å². The van der Waals surface area contributed by atoms with Crippen LogP contribution in [0.1, 0.15) is 23.8 Å². The zero-order valence-electron chi connectivity index (χ0n) is 13.6. The van der Waals surface area contributed by atoms with Gasteiger partial charge in [0, 0.05) is 31.1 Å². The van der Waals surface area contributed by atoms with Gasteiger partial charge < -0.3 is 9.05 Å². The molecular formula is C17H16F2N4O2. The molecule has 0 saturated carbocycles. The van der Waals surface area contributed by atoms with Crippen molar-refractivity contribution in [2.24, 2.45) is 0 Å². The van der Waals surface area contributed by atoms with E-state index in [9.17, 15) is 4.39 Å². The highest BCUT2D eigenvalue weighted by atomic mass is 19.1. The molecule has 0 amide bonds. The van der Waals surface area contributed by atoms with Gasteiger partial charge in [0.15, 0.2) is 5.76 Å². The number of alkyl halides is 1. The largest absolute Gasteiger partial charge is 0.360 e. The molecule has 0 aliphatic carbocycles. The van der Waals surface area contributed by atoms with Gasteiger partial charge in [0.1, 0.15) is 5.82 Å². The molecule has 1 aliphatic rings. The zero-order chi connectivity index (χ0) is 17.4. The summed E-state index contributed by atoms with van der Waals surface area (Å²) >= 11 is 0. The molecule has 1 aliphatic heterocycles. The molecule has 4 rings (SSSR count). The number of halogens is 2. The molecule has 3 heterocycles. The van der Waals surface area contributed by atoms with Gasteiger partial charge in [-0.1, -0.05) is 10.3 Å². The highest BCUT2D eigenvalue weighted by Crippen LogP contribution is 2.36. The molecule has 1 aromatic carbocycles. The van der Waals surface area contributed by atoms with Gasteiger partial charge in [-0.2, -0.15) is 4.98 Å². The van der Waals surface area contributed by atoms with Crippen LogP contribution in [0.25, 0.3) is 11.4 Å². The third-order valence-corrected chi connectivity index (χ3v) is 4.27. The minimum atomic E-state index is -1.71. The first kappa shape index (κ1) is 15.9. The highest BCUT2D eigenvalue weighted by Gasteiger charge is 2.45. The SMILES string of the molecule is Cc1cc(CN2CCC(F)(c3nc(-c4ccc(F)cc4)no3)C2)on1. The average molecular weight is 346 g/mol. The number of hydrogen-bond donors (Lipinski definition) is 0. The van der Waals surface area contributed by atoms with Crippen molar-refractivity contribution >= 4 is 0 Å². The summed E-state index contributed by atoms with van der Waals surface area (Å²) in [5.41, 5.74) is -0.339. The lowest BCUT2D eigenvalue weighted by Crippen LogP contribution is -2.27. The van der Waals surface area contributed by atoms with Crippen LogP contribution in [0.5, 0.6) is 0 Å². The third kappa shape index (κ3) is 3.17. The van der Waals surface area contributed by atoms with Crippen molar-refractivity contribution in [1.82, 2.24) is 20.2 Å². The lowest BCUT2D eigenvalue weighted by atomic mass is 10.1. The van der Waals surface area contributed by atoms with Crippen molar-refractivity contribution < 1.29 is 17.8 Å². The first-order valence-electron chi connectivity index (χ1n) is 7.95. The molecule has 1 atom stereocenters. The molecule has 2 aromatic heterocycles. The average Bonchev–Trinajstić information content (AvgIpc) is 3.30. The third-order valence-electron chi connectivity index (χ3n) is 4.27. The van der Waals surface area contributed by atoms with Crippen LogP contribution in [-0.4, -0.2) is 33.3 Å². The Kier molecular flexibility index (Phi) is 3.84. The molecule has 8 heteroatoms. The summed E-state index contributed by atoms with van der Waals surface area (Å²) in [4.78, 5) is 6.09. The molecule has 0 bridgehead atoms. The molecule has 1 fully saturated rings. The van der Waals surface area contributed by atoms with Crippen molar-refractivity contribution in [3.05, 3.63) is 53.5 Å². The number of hydrogen-bond acceptors (Lipinski definition) is 6. The summed E-state index contributed by atoms with van der Waals surface area (Å²) in [7, 11) is 0. The number of aryl methyl sites for hydroxylation is 1. The van der Waals surface area contributed by atoms with Gasteiger partial charge in [0.05, 0.1) is 12.2 Å². The van der Waals surface area contributed by atoms with Gasteiger partial charge in [-0.15, -0.1) is 0 Å². The van der Waals surface area contributed by atoms with Gasteiger partial charge >= 0.3 is 0 Å². The summed E-state index contributed by atoms with van der Waals surface area (Å²) in [6.07, 6.45) is 0.255. The van der Waals surface area contributed by atoms with E-state index in [1.165, 1.54) is 24.3 Å². The number of likely N-dealkylation sites (tertiary alicyclic amines) is 1. The zero-order valence-corrected chi connectivity index (χ0v) is 13.6. The summed E-state index contributed by atoms with van der Waals surface area (Å²) in [6, 6.07) is 7.49. The Bertz CT molecular complexity index is 877. The van der Waals surface area contributed by atoms with Crippen LogP contribution in [0.4, 0.5) is 8.78 Å². The number of nitrogens with zero attached hydrogens (tertiary/aromatic N) is 4. The smallest absolute Gasteiger partial charge is 0.266 e. The Balaban J connectivity index is 1.49. The number of benzene rings is 1. The molecule has 0 spiro atoms. The van der Waals surface area contributed by atoms with E-state index in [-0.39, 0.29) is 30.5 Å². The standard InChI is InChI=1S/C17H16F2N4O2/c1-11-8-14(24-21-11)9-23-7-6-17(19,10-23)16-20-15(22-25-16)12-2-4-13(18)5-3-12/h2-5,8H,6-7,9-10H2,1H3. The topological polar surface area (TPSA) is 68.2 Å². The maximum atomic E-state index is 15.3. The van der Waals surface area contributed by atoms with Crippen molar-refractivity contribution in [3.8, 4) is 11.4 Å². The van der Waals surface area contributed by atoms with E-state index in [2.05, 4.69) is 15.3 Å². The highest BCUT2D eigenvalue weighted by molar-refractivity contribution is 5.53. The Morgan fingerprint density at radius 2 is 2.00 bits per heavy atom. The summed E-state index contributed by atoms with van der Waals surface area (Å²) in [5, 5.41) is 7.66. The second-order valence-corrected chi connectivity index (χ2v) is 6.29. The fraction of sp³-hybridized carbons (Fsp3) is 0.353. The summed E-state index contributed by atoms with van der Waals surface area (Å²) in [5.74, 6) is 0.530. The molecule has 25 heavy (non-hydrogen) atoms. The van der Waals surface area contributed by atoms with E-state index < -0.39 is 5.67 Å². The van der Waals surface area contributed by atoms with Crippen LogP contribution in [0.3, 0.4) is 0 Å². The second kappa shape index (κ2) is 6.03. The molecule has 6 nitrogen and oxygen atoms in total. The first-order valence-corrected chi connectivity index (χ1v) is 7.95. The first-order chi connectivity index (χ1) is 12.0. The minimum Gasteiger partial charge on any atom is -0.360 e. The van der Waals surface area contributed by atoms with Crippen molar-refractivity contribution in [3.63, 3.8) is 0 Å². The Hall–Kier alpha value is -2.61. The van der Waals surface area contributed by atoms with Crippen molar-refractivity contribution in [2.45, 2.75) is 25.6 Å². The van der Waals surface area contributed by atoms with E-state index in [1.807, 2.05) is 17.9 Å². The van der Waals surface area contributed by atoms with E-state index in [0.717, 1.165) is 5.69 Å². The van der Waals surface area contributed by atoms with Gasteiger partial charge in [0.25, 0.3) is 5.89 Å². The van der Waals surface area contributed by atoms with Crippen molar-refractivity contribution in [1.29, 1.82) is 0 Å². The Morgan fingerprint density at radius 1 is 1.20 bits per heavy atom. The Labute approximate surface area is 142 Å². The van der Waals surface area contributed by atoms with Crippen LogP contribution >= 0.6 is 0 Å². The molecule has 0 radical (unpaired) electrons. The van der Waals surface area contributed by atoms with E-state index in [0.29, 0.717) is 24.4 Å².